The van der Waals surface area contributed by atoms with E-state index in [9.17, 15) is 4.79 Å². The molecule has 0 aromatic carbocycles. The van der Waals surface area contributed by atoms with E-state index in [-0.39, 0.29) is 11.7 Å². The monoisotopic (exact) mass is 238 g/mol. The molecule has 0 aliphatic heterocycles. The standard InChI is InChI=1S/C13H18O2S/c1-9(6-7-15-2)13(14)12-8-10-4-3-5-11(10)16-12/h8-9H,3-7H2,1-2H3. The molecule has 16 heavy (non-hydrogen) atoms. The normalized spacial score (nSPS) is 16.1. The van der Waals surface area contributed by atoms with Gasteiger partial charge in [0.1, 0.15) is 0 Å². The Bertz CT molecular complexity index is 360. The Kier molecular flexibility index (Phi) is 3.77. The number of carbonyl (C=O) groups excluding carboxylic acids is 1. The first kappa shape index (κ1) is 11.8. The predicted molar refractivity (Wildman–Crippen MR) is 66.3 cm³/mol. The Morgan fingerprint density at radius 3 is 3.06 bits per heavy atom. The number of ether oxygens (including phenoxy) is 1. The molecule has 1 aliphatic carbocycles. The Morgan fingerprint density at radius 2 is 2.38 bits per heavy atom. The highest BCUT2D eigenvalue weighted by molar-refractivity contribution is 7.14. The van der Waals surface area contributed by atoms with Crippen molar-refractivity contribution in [2.75, 3.05) is 13.7 Å². The number of hydrogen-bond acceptors (Lipinski definition) is 3. The Morgan fingerprint density at radius 1 is 1.56 bits per heavy atom. The fourth-order valence-electron chi connectivity index (χ4n) is 2.12. The van der Waals surface area contributed by atoms with Gasteiger partial charge in [-0.25, -0.2) is 0 Å². The largest absolute Gasteiger partial charge is 0.385 e. The van der Waals surface area contributed by atoms with Crippen molar-refractivity contribution in [1.82, 2.24) is 0 Å². The predicted octanol–water partition coefficient (Wildman–Crippen LogP) is 3.09. The van der Waals surface area contributed by atoms with Crippen molar-refractivity contribution in [2.24, 2.45) is 5.92 Å². The minimum Gasteiger partial charge on any atom is -0.385 e. The van der Waals surface area contributed by atoms with Gasteiger partial charge in [-0.2, -0.15) is 0 Å². The molecule has 0 saturated carbocycles. The van der Waals surface area contributed by atoms with Crippen LogP contribution in [0.25, 0.3) is 0 Å². The van der Waals surface area contributed by atoms with Crippen molar-refractivity contribution in [2.45, 2.75) is 32.6 Å². The van der Waals surface area contributed by atoms with Gasteiger partial charge in [0.15, 0.2) is 5.78 Å². The van der Waals surface area contributed by atoms with Gasteiger partial charge in [0, 0.05) is 24.5 Å². The number of fused-ring (bicyclic) bond motifs is 1. The third-order valence-electron chi connectivity index (χ3n) is 3.19. The summed E-state index contributed by atoms with van der Waals surface area (Å²) in [6.07, 6.45) is 4.40. The first-order valence-corrected chi connectivity index (χ1v) is 6.68. The molecule has 0 fully saturated rings. The third kappa shape index (κ3) is 2.36. The second-order valence-corrected chi connectivity index (χ2v) is 5.60. The molecule has 88 valence electrons. The number of hydrogen-bond donors (Lipinski definition) is 0. The minimum atomic E-state index is 0.0822. The number of Topliss-reactive ketones (excluding diaryl/α,β-unsaturated/α-hetero) is 1. The van der Waals surface area contributed by atoms with Crippen LogP contribution in [0.1, 0.15) is 39.9 Å². The molecule has 1 heterocycles. The quantitative estimate of drug-likeness (QED) is 0.737. The van der Waals surface area contributed by atoms with E-state index in [0.717, 1.165) is 17.7 Å². The molecular formula is C13H18O2S. The SMILES string of the molecule is COCCC(C)C(=O)c1cc2c(s1)CCC2. The second-order valence-electron chi connectivity index (χ2n) is 4.46. The lowest BCUT2D eigenvalue weighted by Crippen LogP contribution is -2.12. The van der Waals surface area contributed by atoms with Crippen LogP contribution in [0.3, 0.4) is 0 Å². The molecular weight excluding hydrogens is 220 g/mol. The molecule has 1 aromatic rings. The number of aryl methyl sites for hydroxylation is 2. The van der Waals surface area contributed by atoms with Crippen LogP contribution in [0, 0.1) is 5.92 Å². The summed E-state index contributed by atoms with van der Waals surface area (Å²) in [5.41, 5.74) is 1.41. The lowest BCUT2D eigenvalue weighted by molar-refractivity contribution is 0.0898. The highest BCUT2D eigenvalue weighted by Gasteiger charge is 2.21. The Balaban J connectivity index is 2.03. The molecule has 0 radical (unpaired) electrons. The summed E-state index contributed by atoms with van der Waals surface area (Å²) in [4.78, 5) is 14.5. The van der Waals surface area contributed by atoms with E-state index in [2.05, 4.69) is 6.07 Å². The third-order valence-corrected chi connectivity index (χ3v) is 4.44. The number of methoxy groups -OCH3 is 1. The summed E-state index contributed by atoms with van der Waals surface area (Å²) in [6.45, 7) is 2.66. The van der Waals surface area contributed by atoms with Gasteiger partial charge in [0.2, 0.25) is 0 Å². The molecule has 1 atom stereocenters. The average molecular weight is 238 g/mol. The molecule has 0 N–H and O–H groups in total. The van der Waals surface area contributed by atoms with Gasteiger partial charge in [0.05, 0.1) is 4.88 Å². The zero-order chi connectivity index (χ0) is 11.5. The zero-order valence-corrected chi connectivity index (χ0v) is 10.7. The molecule has 1 unspecified atom stereocenters. The highest BCUT2D eigenvalue weighted by atomic mass is 32.1. The van der Waals surface area contributed by atoms with Crippen LogP contribution in [0.2, 0.25) is 0 Å². The van der Waals surface area contributed by atoms with Crippen LogP contribution in [0.4, 0.5) is 0 Å². The van der Waals surface area contributed by atoms with Crippen molar-refractivity contribution in [1.29, 1.82) is 0 Å². The number of rotatable bonds is 5. The van der Waals surface area contributed by atoms with Crippen molar-refractivity contribution in [3.05, 3.63) is 21.4 Å². The van der Waals surface area contributed by atoms with Crippen LogP contribution in [0.5, 0.6) is 0 Å². The van der Waals surface area contributed by atoms with Gasteiger partial charge in [-0.15, -0.1) is 11.3 Å². The highest BCUT2D eigenvalue weighted by Crippen LogP contribution is 2.32. The van der Waals surface area contributed by atoms with E-state index in [4.69, 9.17) is 4.74 Å². The summed E-state index contributed by atoms with van der Waals surface area (Å²) < 4.78 is 5.01. The molecule has 3 heteroatoms. The van der Waals surface area contributed by atoms with E-state index >= 15 is 0 Å². The minimum absolute atomic E-state index is 0.0822. The van der Waals surface area contributed by atoms with E-state index in [1.165, 1.54) is 23.3 Å². The van der Waals surface area contributed by atoms with E-state index < -0.39 is 0 Å². The van der Waals surface area contributed by atoms with Crippen LogP contribution in [-0.2, 0) is 17.6 Å². The summed E-state index contributed by atoms with van der Waals surface area (Å²) >= 11 is 1.70. The smallest absolute Gasteiger partial charge is 0.175 e. The van der Waals surface area contributed by atoms with Gasteiger partial charge in [-0.3, -0.25) is 4.79 Å². The zero-order valence-electron chi connectivity index (χ0n) is 9.91. The van der Waals surface area contributed by atoms with Gasteiger partial charge >= 0.3 is 0 Å². The summed E-state index contributed by atoms with van der Waals surface area (Å²) in [5.74, 6) is 0.371. The maximum Gasteiger partial charge on any atom is 0.175 e. The fourth-order valence-corrected chi connectivity index (χ4v) is 3.43. The molecule has 2 nitrogen and oxygen atoms in total. The van der Waals surface area contributed by atoms with Crippen LogP contribution in [-0.4, -0.2) is 19.5 Å². The van der Waals surface area contributed by atoms with Crippen molar-refractivity contribution in [3.63, 3.8) is 0 Å². The lowest BCUT2D eigenvalue weighted by Gasteiger charge is -2.07. The Hall–Kier alpha value is -0.670. The maximum atomic E-state index is 12.1. The van der Waals surface area contributed by atoms with Crippen molar-refractivity contribution >= 4 is 17.1 Å². The van der Waals surface area contributed by atoms with E-state index in [1.54, 1.807) is 18.4 Å². The first-order valence-electron chi connectivity index (χ1n) is 5.87. The van der Waals surface area contributed by atoms with Crippen molar-refractivity contribution < 1.29 is 9.53 Å². The van der Waals surface area contributed by atoms with Crippen LogP contribution >= 0.6 is 11.3 Å². The number of thiophene rings is 1. The van der Waals surface area contributed by atoms with Gasteiger partial charge in [0.25, 0.3) is 0 Å². The number of carbonyl (C=O) groups is 1. The second kappa shape index (κ2) is 5.11. The summed E-state index contributed by atoms with van der Waals surface area (Å²) in [7, 11) is 1.68. The first-order chi connectivity index (χ1) is 7.72. The lowest BCUT2D eigenvalue weighted by atomic mass is 10.0. The molecule has 0 bridgehead atoms. The number of ketones is 1. The average Bonchev–Trinajstić information content (AvgIpc) is 2.84. The molecule has 0 saturated heterocycles. The van der Waals surface area contributed by atoms with Crippen LogP contribution in [0.15, 0.2) is 6.07 Å². The topological polar surface area (TPSA) is 26.3 Å². The molecule has 0 spiro atoms. The molecule has 0 amide bonds. The van der Waals surface area contributed by atoms with Gasteiger partial charge < -0.3 is 4.74 Å². The maximum absolute atomic E-state index is 12.1. The van der Waals surface area contributed by atoms with E-state index in [1.807, 2.05) is 6.92 Å². The van der Waals surface area contributed by atoms with Crippen molar-refractivity contribution in [3.8, 4) is 0 Å². The summed E-state index contributed by atoms with van der Waals surface area (Å²) in [5, 5.41) is 0. The molecule has 1 aliphatic rings. The summed E-state index contributed by atoms with van der Waals surface area (Å²) in [6, 6.07) is 2.11. The Labute approximate surface area is 101 Å². The van der Waals surface area contributed by atoms with Gasteiger partial charge in [-0.05, 0) is 37.3 Å². The van der Waals surface area contributed by atoms with Gasteiger partial charge in [-0.1, -0.05) is 6.92 Å². The molecule has 2 rings (SSSR count). The van der Waals surface area contributed by atoms with E-state index in [0.29, 0.717) is 6.61 Å². The van der Waals surface area contributed by atoms with Crippen LogP contribution < -0.4 is 0 Å². The molecule has 1 aromatic heterocycles. The fraction of sp³-hybridized carbons (Fsp3) is 0.615.